The number of thiazole rings is 1. The second kappa shape index (κ2) is 9.47. The second-order valence-corrected chi connectivity index (χ2v) is 9.79. The summed E-state index contributed by atoms with van der Waals surface area (Å²) in [5.41, 5.74) is -0.331. The molecule has 0 aliphatic carbocycles. The van der Waals surface area contributed by atoms with Crippen LogP contribution >= 0.6 is 50.6 Å². The van der Waals surface area contributed by atoms with E-state index in [1.165, 1.54) is 28.4 Å². The molecule has 14 heteroatoms. The zero-order valence-corrected chi connectivity index (χ0v) is 19.4. The Bertz CT molecular complexity index is 1120. The van der Waals surface area contributed by atoms with Crippen LogP contribution in [0.25, 0.3) is 10.7 Å². The lowest BCUT2D eigenvalue weighted by molar-refractivity contribution is -0.178. The van der Waals surface area contributed by atoms with Crippen molar-refractivity contribution in [2.24, 2.45) is 0 Å². The van der Waals surface area contributed by atoms with Crippen LogP contribution in [-0.4, -0.2) is 70.6 Å². The molecule has 31 heavy (non-hydrogen) atoms. The summed E-state index contributed by atoms with van der Waals surface area (Å²) in [7, 11) is 0. The molecule has 5 atom stereocenters. The zero-order valence-electron chi connectivity index (χ0n) is 15.4. The smallest absolute Gasteiger partial charge is 0.154 e. The van der Waals surface area contributed by atoms with Crippen LogP contribution in [-0.2, 0) is 4.74 Å². The predicted molar refractivity (Wildman–Crippen MR) is 115 cm³/mol. The lowest BCUT2D eigenvalue weighted by Gasteiger charge is -2.41. The zero-order chi connectivity index (χ0) is 22.1. The number of hydrogen-bond acceptors (Lipinski definition) is 11. The molecule has 1 fully saturated rings. The van der Waals surface area contributed by atoms with Crippen molar-refractivity contribution in [2.45, 2.75) is 34.7 Å². The van der Waals surface area contributed by atoms with Gasteiger partial charge in [-0.05, 0) is 22.0 Å². The van der Waals surface area contributed by atoms with Crippen LogP contribution in [0, 0.1) is 11.3 Å². The Labute approximate surface area is 197 Å². The van der Waals surface area contributed by atoms with Gasteiger partial charge in [0.15, 0.2) is 5.69 Å². The summed E-state index contributed by atoms with van der Waals surface area (Å²) in [5, 5.41) is 51.4. The number of aliphatic hydroxyl groups excluding tert-OH is 3. The monoisotopic (exact) mass is 544 g/mol. The van der Waals surface area contributed by atoms with Crippen molar-refractivity contribution in [1.29, 1.82) is 5.26 Å². The molecular weight excluding hydrogens is 532 g/mol. The quantitative estimate of drug-likeness (QED) is 0.433. The normalized spacial score (nSPS) is 26.0. The van der Waals surface area contributed by atoms with Crippen molar-refractivity contribution in [3.63, 3.8) is 0 Å². The lowest BCUT2D eigenvalue weighted by Crippen LogP contribution is -2.55. The van der Waals surface area contributed by atoms with Gasteiger partial charge in [-0.25, -0.2) is 14.6 Å². The van der Waals surface area contributed by atoms with E-state index < -0.39 is 36.4 Å². The van der Waals surface area contributed by atoms with Gasteiger partial charge in [0.2, 0.25) is 0 Å². The number of aliphatic hydroxyl groups is 3. The Balaban J connectivity index is 1.64. The molecule has 5 unspecified atom stereocenters. The van der Waals surface area contributed by atoms with Crippen molar-refractivity contribution < 1.29 is 20.1 Å². The van der Waals surface area contributed by atoms with E-state index in [9.17, 15) is 20.6 Å². The summed E-state index contributed by atoms with van der Waals surface area (Å²) >= 11 is 11.5. The van der Waals surface area contributed by atoms with E-state index in [4.69, 9.17) is 16.3 Å². The number of nitriles is 1. The standard InChI is InChI=1S/C17H14BrClN6O4S2/c18-7-1-11(8(2-20)21-3-7)31-17-15(28)13(14(27)10(5-26)29-17)25-4-9(23-24-25)16-22-12(19)6-30-16/h1,3-4,6,10,13-15,17,26-28H,5H2. The fourth-order valence-electron chi connectivity index (χ4n) is 3.09. The molecule has 1 aliphatic heterocycles. The van der Waals surface area contributed by atoms with Crippen LogP contribution < -0.4 is 0 Å². The molecule has 0 radical (unpaired) electrons. The Kier molecular flexibility index (Phi) is 6.89. The molecule has 10 nitrogen and oxygen atoms in total. The third-order valence-electron chi connectivity index (χ3n) is 4.53. The number of nitrogens with zero attached hydrogens (tertiary/aromatic N) is 6. The molecular formula is C17H14BrClN6O4S2. The summed E-state index contributed by atoms with van der Waals surface area (Å²) in [4.78, 5) is 8.66. The second-order valence-electron chi connectivity index (χ2n) is 6.49. The summed E-state index contributed by atoms with van der Waals surface area (Å²) < 4.78 is 7.69. The van der Waals surface area contributed by atoms with Gasteiger partial charge in [-0.15, -0.1) is 16.4 Å². The van der Waals surface area contributed by atoms with Crippen molar-refractivity contribution in [3.05, 3.63) is 39.2 Å². The van der Waals surface area contributed by atoms with Gasteiger partial charge in [0.1, 0.15) is 51.7 Å². The molecule has 3 aromatic heterocycles. The Morgan fingerprint density at radius 1 is 1.39 bits per heavy atom. The van der Waals surface area contributed by atoms with Crippen LogP contribution in [0.4, 0.5) is 0 Å². The molecule has 0 aromatic carbocycles. The summed E-state index contributed by atoms with van der Waals surface area (Å²) in [6.45, 7) is -0.479. The van der Waals surface area contributed by atoms with Gasteiger partial charge >= 0.3 is 0 Å². The minimum atomic E-state index is -1.26. The first kappa shape index (κ1) is 22.6. The van der Waals surface area contributed by atoms with E-state index in [1.54, 1.807) is 11.4 Å². The topological polar surface area (TPSA) is 150 Å². The van der Waals surface area contributed by atoms with Gasteiger partial charge in [-0.1, -0.05) is 28.6 Å². The van der Waals surface area contributed by atoms with E-state index in [-0.39, 0.29) is 5.69 Å². The molecule has 1 saturated heterocycles. The predicted octanol–water partition coefficient (Wildman–Crippen LogP) is 1.86. The van der Waals surface area contributed by atoms with Crippen LogP contribution in [0.2, 0.25) is 5.15 Å². The molecule has 4 heterocycles. The van der Waals surface area contributed by atoms with E-state index in [2.05, 4.69) is 36.2 Å². The molecule has 3 N–H and O–H groups in total. The summed E-state index contributed by atoms with van der Waals surface area (Å²) in [6, 6.07) is 2.71. The SMILES string of the molecule is N#Cc1ncc(Br)cc1SC1OC(CO)C(O)C(n2cc(-c3nc(Cl)cs3)nn2)C1O. The number of hydrogen-bond donors (Lipinski definition) is 3. The molecule has 3 aromatic rings. The first-order valence-electron chi connectivity index (χ1n) is 8.79. The number of aromatic nitrogens is 5. The Hall–Kier alpha value is -1.63. The molecule has 1 aliphatic rings. The fraction of sp³-hybridized carbons (Fsp3) is 0.353. The summed E-state index contributed by atoms with van der Waals surface area (Å²) in [6.07, 6.45) is -0.468. The highest BCUT2D eigenvalue weighted by atomic mass is 79.9. The van der Waals surface area contributed by atoms with Crippen LogP contribution in [0.5, 0.6) is 0 Å². The number of thioether (sulfide) groups is 1. The van der Waals surface area contributed by atoms with Gasteiger partial charge in [0.05, 0.1) is 12.8 Å². The Morgan fingerprint density at radius 3 is 2.87 bits per heavy atom. The first-order valence-corrected chi connectivity index (χ1v) is 11.7. The van der Waals surface area contributed by atoms with Crippen molar-refractivity contribution in [3.8, 4) is 16.8 Å². The minimum absolute atomic E-state index is 0.163. The van der Waals surface area contributed by atoms with Gasteiger partial charge in [-0.2, -0.15) is 5.26 Å². The maximum atomic E-state index is 11.0. The van der Waals surface area contributed by atoms with Crippen molar-refractivity contribution in [1.82, 2.24) is 25.0 Å². The average Bonchev–Trinajstić information content (AvgIpc) is 3.39. The maximum Gasteiger partial charge on any atom is 0.154 e. The highest BCUT2D eigenvalue weighted by molar-refractivity contribution is 9.10. The number of pyridine rings is 1. The van der Waals surface area contributed by atoms with Crippen LogP contribution in [0.3, 0.4) is 0 Å². The van der Waals surface area contributed by atoms with Crippen LogP contribution in [0.1, 0.15) is 11.7 Å². The molecule has 0 spiro atoms. The fourth-order valence-corrected chi connectivity index (χ4v) is 5.62. The van der Waals surface area contributed by atoms with Crippen LogP contribution in [0.15, 0.2) is 33.2 Å². The average molecular weight is 546 g/mol. The van der Waals surface area contributed by atoms with Gasteiger partial charge < -0.3 is 20.1 Å². The summed E-state index contributed by atoms with van der Waals surface area (Å²) in [5.74, 6) is 0. The molecule has 162 valence electrons. The van der Waals surface area contributed by atoms with Gasteiger partial charge in [0, 0.05) is 20.9 Å². The van der Waals surface area contributed by atoms with Crippen molar-refractivity contribution in [2.75, 3.05) is 6.61 Å². The van der Waals surface area contributed by atoms with Crippen molar-refractivity contribution >= 4 is 50.6 Å². The van der Waals surface area contributed by atoms with E-state index in [0.717, 1.165) is 11.8 Å². The Morgan fingerprint density at radius 2 is 2.19 bits per heavy atom. The van der Waals surface area contributed by atoms with E-state index >= 15 is 0 Å². The first-order chi connectivity index (χ1) is 14.9. The highest BCUT2D eigenvalue weighted by Gasteiger charge is 2.46. The van der Waals surface area contributed by atoms with Gasteiger partial charge in [-0.3, -0.25) is 0 Å². The van der Waals surface area contributed by atoms with E-state index in [0.29, 0.717) is 25.2 Å². The van der Waals surface area contributed by atoms with Gasteiger partial charge in [0.25, 0.3) is 0 Å². The number of halogens is 2. The molecule has 0 amide bonds. The highest BCUT2D eigenvalue weighted by Crippen LogP contribution is 2.39. The number of ether oxygens (including phenoxy) is 1. The molecule has 0 saturated carbocycles. The van der Waals surface area contributed by atoms with E-state index in [1.807, 2.05) is 6.07 Å². The lowest BCUT2D eigenvalue weighted by atomic mass is 9.97. The third kappa shape index (κ3) is 4.62. The number of rotatable bonds is 5. The molecule has 0 bridgehead atoms. The third-order valence-corrected chi connectivity index (χ3v) is 7.34. The minimum Gasteiger partial charge on any atom is -0.394 e. The maximum absolute atomic E-state index is 11.0. The molecule has 4 rings (SSSR count). The largest absolute Gasteiger partial charge is 0.394 e.